The van der Waals surface area contributed by atoms with Crippen LogP contribution < -0.4 is 5.32 Å². The van der Waals surface area contributed by atoms with Gasteiger partial charge in [-0.15, -0.1) is 0 Å². The summed E-state index contributed by atoms with van der Waals surface area (Å²) in [6.07, 6.45) is 4.26. The molecule has 2 heterocycles. The molecule has 0 radical (unpaired) electrons. The molecule has 0 spiro atoms. The summed E-state index contributed by atoms with van der Waals surface area (Å²) in [6, 6.07) is 8.56. The van der Waals surface area contributed by atoms with Crippen molar-refractivity contribution in [2.75, 3.05) is 0 Å². The van der Waals surface area contributed by atoms with Gasteiger partial charge in [0.25, 0.3) is 0 Å². The van der Waals surface area contributed by atoms with E-state index in [0.29, 0.717) is 11.1 Å². The maximum absolute atomic E-state index is 5.80. The summed E-state index contributed by atoms with van der Waals surface area (Å²) in [5.74, 6) is 2.78. The standard InChI is InChI=1S/C14H15ClN2OS/c15-10-1-6-14(17-7-10)19-9-13-5-4-12(18-13)8-16-11-2-3-11/h1,4-7,11,16H,2-3,8-9H2. The zero-order valence-corrected chi connectivity index (χ0v) is 12.0. The Morgan fingerprint density at radius 2 is 2.11 bits per heavy atom. The molecule has 2 aromatic heterocycles. The normalized spacial score (nSPS) is 14.8. The van der Waals surface area contributed by atoms with E-state index in [9.17, 15) is 0 Å². The van der Waals surface area contributed by atoms with Gasteiger partial charge in [0.05, 0.1) is 22.3 Å². The number of aromatic nitrogens is 1. The second-order valence-corrected chi connectivity index (χ2v) is 6.06. The van der Waals surface area contributed by atoms with Gasteiger partial charge in [-0.2, -0.15) is 0 Å². The van der Waals surface area contributed by atoms with E-state index in [1.807, 2.05) is 24.3 Å². The van der Waals surface area contributed by atoms with E-state index in [4.69, 9.17) is 16.0 Å². The number of nitrogens with one attached hydrogen (secondary N) is 1. The molecule has 1 N–H and O–H groups in total. The zero-order valence-electron chi connectivity index (χ0n) is 10.4. The van der Waals surface area contributed by atoms with Gasteiger partial charge in [0.2, 0.25) is 0 Å². The second kappa shape index (κ2) is 5.99. The predicted molar refractivity (Wildman–Crippen MR) is 77.4 cm³/mol. The molecule has 0 amide bonds. The number of halogens is 1. The lowest BCUT2D eigenvalue weighted by Gasteiger charge is -2.00. The fourth-order valence-corrected chi connectivity index (χ4v) is 2.57. The highest BCUT2D eigenvalue weighted by atomic mass is 35.5. The van der Waals surface area contributed by atoms with Gasteiger partial charge in [-0.25, -0.2) is 4.98 Å². The number of thioether (sulfide) groups is 1. The van der Waals surface area contributed by atoms with Crippen LogP contribution in [0, 0.1) is 0 Å². The Kier molecular flexibility index (Phi) is 4.11. The van der Waals surface area contributed by atoms with Crippen LogP contribution in [0.25, 0.3) is 0 Å². The first-order chi connectivity index (χ1) is 9.29. The Labute approximate surface area is 121 Å². The van der Waals surface area contributed by atoms with Gasteiger partial charge in [-0.1, -0.05) is 23.4 Å². The molecule has 5 heteroatoms. The van der Waals surface area contributed by atoms with Crippen molar-refractivity contribution in [3.8, 4) is 0 Å². The van der Waals surface area contributed by atoms with Crippen LogP contribution in [0.15, 0.2) is 39.9 Å². The van der Waals surface area contributed by atoms with E-state index in [1.54, 1.807) is 18.0 Å². The van der Waals surface area contributed by atoms with E-state index in [-0.39, 0.29) is 0 Å². The first kappa shape index (κ1) is 13.0. The van der Waals surface area contributed by atoms with Crippen molar-refractivity contribution in [2.45, 2.75) is 36.2 Å². The number of hydrogen-bond acceptors (Lipinski definition) is 4. The molecule has 1 aliphatic carbocycles. The highest BCUT2D eigenvalue weighted by Gasteiger charge is 2.20. The summed E-state index contributed by atoms with van der Waals surface area (Å²) in [5, 5.41) is 5.06. The van der Waals surface area contributed by atoms with Gasteiger partial charge >= 0.3 is 0 Å². The number of pyridine rings is 1. The summed E-state index contributed by atoms with van der Waals surface area (Å²) in [4.78, 5) is 4.24. The lowest BCUT2D eigenvalue weighted by atomic mass is 10.4. The van der Waals surface area contributed by atoms with Crippen LogP contribution in [-0.4, -0.2) is 11.0 Å². The maximum Gasteiger partial charge on any atom is 0.118 e. The molecule has 1 fully saturated rings. The number of nitrogens with zero attached hydrogens (tertiary/aromatic N) is 1. The minimum Gasteiger partial charge on any atom is -0.464 e. The van der Waals surface area contributed by atoms with Crippen molar-refractivity contribution in [3.05, 3.63) is 47.0 Å². The van der Waals surface area contributed by atoms with Crippen LogP contribution in [0.5, 0.6) is 0 Å². The first-order valence-corrected chi connectivity index (χ1v) is 7.71. The van der Waals surface area contributed by atoms with Gasteiger partial charge in [0.15, 0.2) is 0 Å². The molecular weight excluding hydrogens is 280 g/mol. The molecule has 3 rings (SSSR count). The van der Waals surface area contributed by atoms with Crippen LogP contribution in [-0.2, 0) is 12.3 Å². The molecule has 19 heavy (non-hydrogen) atoms. The van der Waals surface area contributed by atoms with Crippen LogP contribution in [0.4, 0.5) is 0 Å². The predicted octanol–water partition coefficient (Wildman–Crippen LogP) is 3.87. The van der Waals surface area contributed by atoms with Gasteiger partial charge in [0, 0.05) is 12.2 Å². The molecule has 2 aromatic rings. The molecule has 0 aromatic carbocycles. The molecule has 0 atom stereocenters. The quantitative estimate of drug-likeness (QED) is 0.821. The Bertz CT molecular complexity index is 537. The highest BCUT2D eigenvalue weighted by molar-refractivity contribution is 7.98. The molecule has 3 nitrogen and oxygen atoms in total. The van der Waals surface area contributed by atoms with Crippen molar-refractivity contribution in [2.24, 2.45) is 0 Å². The topological polar surface area (TPSA) is 38.1 Å². The van der Waals surface area contributed by atoms with Gasteiger partial charge < -0.3 is 9.73 Å². The summed E-state index contributed by atoms with van der Waals surface area (Å²) in [7, 11) is 0. The minimum atomic E-state index is 0.663. The van der Waals surface area contributed by atoms with Crippen LogP contribution >= 0.6 is 23.4 Å². The fraction of sp³-hybridized carbons (Fsp3) is 0.357. The average Bonchev–Trinajstić information content (AvgIpc) is 3.15. The number of furan rings is 1. The lowest BCUT2D eigenvalue weighted by Crippen LogP contribution is -2.14. The van der Waals surface area contributed by atoms with Crippen LogP contribution in [0.1, 0.15) is 24.4 Å². The number of hydrogen-bond donors (Lipinski definition) is 1. The first-order valence-electron chi connectivity index (χ1n) is 6.35. The van der Waals surface area contributed by atoms with E-state index in [0.717, 1.165) is 28.8 Å². The third-order valence-corrected chi connectivity index (χ3v) is 4.11. The lowest BCUT2D eigenvalue weighted by molar-refractivity contribution is 0.458. The molecule has 1 aliphatic rings. The molecule has 0 unspecified atom stereocenters. The Balaban J connectivity index is 1.50. The third kappa shape index (κ3) is 4.00. The molecular formula is C14H15ClN2OS. The third-order valence-electron chi connectivity index (χ3n) is 2.92. The van der Waals surface area contributed by atoms with Crippen LogP contribution in [0.3, 0.4) is 0 Å². The van der Waals surface area contributed by atoms with Crippen molar-refractivity contribution >= 4 is 23.4 Å². The largest absolute Gasteiger partial charge is 0.464 e. The summed E-state index contributed by atoms with van der Waals surface area (Å²) in [5.41, 5.74) is 0. The van der Waals surface area contributed by atoms with E-state index in [1.165, 1.54) is 12.8 Å². The molecule has 0 aliphatic heterocycles. The van der Waals surface area contributed by atoms with Crippen LogP contribution in [0.2, 0.25) is 5.02 Å². The van der Waals surface area contributed by atoms with Crippen molar-refractivity contribution in [3.63, 3.8) is 0 Å². The second-order valence-electron chi connectivity index (χ2n) is 4.63. The smallest absolute Gasteiger partial charge is 0.118 e. The molecule has 1 saturated carbocycles. The molecule has 0 saturated heterocycles. The van der Waals surface area contributed by atoms with Crippen molar-refractivity contribution < 1.29 is 4.42 Å². The SMILES string of the molecule is Clc1ccc(SCc2ccc(CNC3CC3)o2)nc1. The minimum absolute atomic E-state index is 0.663. The van der Waals surface area contributed by atoms with E-state index in [2.05, 4.69) is 10.3 Å². The Hall–Kier alpha value is -0.970. The monoisotopic (exact) mass is 294 g/mol. The average molecular weight is 295 g/mol. The Morgan fingerprint density at radius 1 is 1.26 bits per heavy atom. The van der Waals surface area contributed by atoms with E-state index >= 15 is 0 Å². The highest BCUT2D eigenvalue weighted by Crippen LogP contribution is 2.24. The van der Waals surface area contributed by atoms with Gasteiger partial charge in [0.1, 0.15) is 11.5 Å². The summed E-state index contributed by atoms with van der Waals surface area (Å²) in [6.45, 7) is 0.828. The van der Waals surface area contributed by atoms with E-state index < -0.39 is 0 Å². The van der Waals surface area contributed by atoms with Crippen molar-refractivity contribution in [1.82, 2.24) is 10.3 Å². The fourth-order valence-electron chi connectivity index (χ4n) is 1.72. The summed E-state index contributed by atoms with van der Waals surface area (Å²) < 4.78 is 5.77. The van der Waals surface area contributed by atoms with Gasteiger partial charge in [-0.05, 0) is 37.1 Å². The zero-order chi connectivity index (χ0) is 13.1. The Morgan fingerprint density at radius 3 is 2.84 bits per heavy atom. The van der Waals surface area contributed by atoms with Crippen molar-refractivity contribution in [1.29, 1.82) is 0 Å². The summed E-state index contributed by atoms with van der Waals surface area (Å²) >= 11 is 7.45. The van der Waals surface area contributed by atoms with Gasteiger partial charge in [-0.3, -0.25) is 0 Å². The number of rotatable bonds is 6. The molecule has 0 bridgehead atoms. The molecule has 100 valence electrons. The maximum atomic E-state index is 5.80.